The van der Waals surface area contributed by atoms with Crippen LogP contribution in [0.1, 0.15) is 11.1 Å². The Labute approximate surface area is 169 Å². The Hall–Kier alpha value is -3.31. The number of rotatable bonds is 4. The SMILES string of the molecule is COc1cccc2ncc3c(c12)N(Cc1c(F)cc(S(N)(=O)=O)cc1F)C(=O)OC3. The number of sulfonamides is 1. The summed E-state index contributed by atoms with van der Waals surface area (Å²) in [6.45, 7) is -0.619. The van der Waals surface area contributed by atoms with E-state index in [-0.39, 0.29) is 6.61 Å². The number of amides is 1. The van der Waals surface area contributed by atoms with Crippen LogP contribution in [0.25, 0.3) is 10.9 Å². The molecule has 2 N–H and O–H groups in total. The second-order valence-electron chi connectivity index (χ2n) is 6.54. The Morgan fingerprint density at radius 2 is 1.97 bits per heavy atom. The number of anilines is 1. The van der Waals surface area contributed by atoms with Gasteiger partial charge in [0.25, 0.3) is 0 Å². The minimum Gasteiger partial charge on any atom is -0.496 e. The van der Waals surface area contributed by atoms with Gasteiger partial charge in [-0.25, -0.2) is 27.1 Å². The molecule has 0 radical (unpaired) electrons. The molecule has 0 bridgehead atoms. The second kappa shape index (κ2) is 7.18. The highest BCUT2D eigenvalue weighted by Gasteiger charge is 2.31. The van der Waals surface area contributed by atoms with Crippen LogP contribution in [0.4, 0.5) is 19.3 Å². The van der Waals surface area contributed by atoms with Gasteiger partial charge in [0.1, 0.15) is 24.0 Å². The highest BCUT2D eigenvalue weighted by molar-refractivity contribution is 7.89. The van der Waals surface area contributed by atoms with Gasteiger partial charge in [0.05, 0.1) is 35.1 Å². The maximum atomic E-state index is 14.6. The van der Waals surface area contributed by atoms with E-state index in [0.717, 1.165) is 4.90 Å². The molecule has 0 saturated heterocycles. The Bertz CT molecular complexity index is 1270. The monoisotopic (exact) mass is 435 g/mol. The molecule has 1 amide bonds. The van der Waals surface area contributed by atoms with E-state index in [1.54, 1.807) is 18.2 Å². The highest BCUT2D eigenvalue weighted by atomic mass is 32.2. The lowest BCUT2D eigenvalue weighted by Crippen LogP contribution is -2.36. The molecule has 3 aromatic rings. The number of ether oxygens (including phenoxy) is 2. The first-order chi connectivity index (χ1) is 14.2. The molecule has 1 aliphatic rings. The number of cyclic esters (lactones) is 1. The number of halogens is 2. The zero-order valence-corrected chi connectivity index (χ0v) is 16.4. The van der Waals surface area contributed by atoms with Gasteiger partial charge in [0.15, 0.2) is 0 Å². The van der Waals surface area contributed by atoms with Crippen molar-refractivity contribution in [2.75, 3.05) is 12.0 Å². The van der Waals surface area contributed by atoms with Crippen molar-refractivity contribution in [3.05, 3.63) is 59.3 Å². The predicted octanol–water partition coefficient (Wildman–Crippen LogP) is 2.83. The molecular weight excluding hydrogens is 420 g/mol. The smallest absolute Gasteiger partial charge is 0.414 e. The van der Waals surface area contributed by atoms with Crippen LogP contribution in [0.5, 0.6) is 5.75 Å². The van der Waals surface area contributed by atoms with Crippen LogP contribution in [0, 0.1) is 11.6 Å². The lowest BCUT2D eigenvalue weighted by molar-refractivity contribution is 0.141. The van der Waals surface area contributed by atoms with Crippen molar-refractivity contribution in [3.8, 4) is 5.75 Å². The average molecular weight is 435 g/mol. The summed E-state index contributed by atoms with van der Waals surface area (Å²) in [7, 11) is -2.86. The minimum atomic E-state index is -4.30. The van der Waals surface area contributed by atoms with Crippen LogP contribution in [0.2, 0.25) is 0 Å². The van der Waals surface area contributed by atoms with Crippen LogP contribution < -0.4 is 14.8 Å². The number of hydrogen-bond donors (Lipinski definition) is 1. The number of nitrogens with two attached hydrogens (primary N) is 1. The molecule has 4 rings (SSSR count). The zero-order chi connectivity index (χ0) is 21.6. The Kier molecular flexibility index (Phi) is 4.79. The van der Waals surface area contributed by atoms with E-state index in [1.807, 2.05) is 0 Å². The third kappa shape index (κ3) is 3.31. The third-order valence-corrected chi connectivity index (χ3v) is 5.62. The Morgan fingerprint density at radius 1 is 1.27 bits per heavy atom. The first-order valence-electron chi connectivity index (χ1n) is 8.60. The summed E-state index contributed by atoms with van der Waals surface area (Å²) in [4.78, 5) is 17.2. The van der Waals surface area contributed by atoms with E-state index in [0.29, 0.717) is 40.0 Å². The number of nitrogens with zero attached hydrogens (tertiary/aromatic N) is 2. The zero-order valence-electron chi connectivity index (χ0n) is 15.6. The Balaban J connectivity index is 1.89. The third-order valence-electron chi connectivity index (χ3n) is 4.73. The van der Waals surface area contributed by atoms with Crippen LogP contribution in [-0.2, 0) is 27.9 Å². The second-order valence-corrected chi connectivity index (χ2v) is 8.10. The molecule has 1 aromatic heterocycles. The van der Waals surface area contributed by atoms with Crippen LogP contribution in [0.3, 0.4) is 0 Å². The lowest BCUT2D eigenvalue weighted by Gasteiger charge is -2.30. The number of methoxy groups -OCH3 is 1. The largest absolute Gasteiger partial charge is 0.496 e. The van der Waals surface area contributed by atoms with Crippen LogP contribution >= 0.6 is 0 Å². The molecule has 30 heavy (non-hydrogen) atoms. The highest BCUT2D eigenvalue weighted by Crippen LogP contribution is 2.40. The normalized spacial score (nSPS) is 13.9. The van der Waals surface area contributed by atoms with Gasteiger partial charge in [0.2, 0.25) is 10.0 Å². The number of fused-ring (bicyclic) bond motifs is 3. The number of carbonyl (C=O) groups excluding carboxylic acids is 1. The fraction of sp³-hybridized carbons (Fsp3) is 0.158. The quantitative estimate of drug-likeness (QED) is 0.675. The number of aromatic nitrogens is 1. The summed E-state index contributed by atoms with van der Waals surface area (Å²) in [5.74, 6) is -1.91. The predicted molar refractivity (Wildman–Crippen MR) is 102 cm³/mol. The van der Waals surface area contributed by atoms with Gasteiger partial charge in [-0.3, -0.25) is 9.88 Å². The fourth-order valence-corrected chi connectivity index (χ4v) is 3.86. The Morgan fingerprint density at radius 3 is 2.60 bits per heavy atom. The number of carbonyl (C=O) groups is 1. The average Bonchev–Trinajstić information content (AvgIpc) is 2.70. The molecule has 0 unspecified atom stereocenters. The van der Waals surface area contributed by atoms with E-state index in [2.05, 4.69) is 4.98 Å². The van der Waals surface area contributed by atoms with E-state index >= 15 is 0 Å². The van der Waals surface area contributed by atoms with Gasteiger partial charge in [-0.1, -0.05) is 6.07 Å². The summed E-state index contributed by atoms with van der Waals surface area (Å²) in [6.07, 6.45) is 0.683. The molecule has 11 heteroatoms. The van der Waals surface area contributed by atoms with Crippen molar-refractivity contribution in [2.24, 2.45) is 5.14 Å². The van der Waals surface area contributed by atoms with Gasteiger partial charge in [0, 0.05) is 17.3 Å². The standard InChI is InChI=1S/C19H15F2N3O5S/c1-28-16-4-2-3-15-17(16)18-10(7-23-15)9-29-19(25)24(18)8-12-13(20)5-11(6-14(12)21)30(22,26)27/h2-7H,8-9H2,1H3,(H2,22,26,27). The molecule has 8 nitrogen and oxygen atoms in total. The van der Waals surface area contributed by atoms with E-state index < -0.39 is 44.8 Å². The molecule has 0 saturated carbocycles. The van der Waals surface area contributed by atoms with Crippen LogP contribution in [-0.4, -0.2) is 26.6 Å². The summed E-state index contributed by atoms with van der Waals surface area (Å²) in [5.41, 5.74) is 0.863. The van der Waals surface area contributed by atoms with E-state index in [9.17, 15) is 22.0 Å². The molecule has 0 spiro atoms. The molecule has 156 valence electrons. The van der Waals surface area contributed by atoms with Gasteiger partial charge in [-0.2, -0.15) is 0 Å². The number of primary sulfonamides is 1. The van der Waals surface area contributed by atoms with Gasteiger partial charge >= 0.3 is 6.09 Å². The van der Waals surface area contributed by atoms with Crippen molar-refractivity contribution >= 4 is 32.7 Å². The summed E-state index contributed by atoms with van der Waals surface area (Å²) >= 11 is 0. The summed E-state index contributed by atoms with van der Waals surface area (Å²) in [6, 6.07) is 6.31. The minimum absolute atomic E-state index is 0.0685. The topological polar surface area (TPSA) is 112 Å². The van der Waals surface area contributed by atoms with Gasteiger partial charge < -0.3 is 9.47 Å². The summed E-state index contributed by atoms with van der Waals surface area (Å²) in [5, 5.41) is 5.42. The van der Waals surface area contributed by atoms with Gasteiger partial charge in [-0.05, 0) is 24.3 Å². The fourth-order valence-electron chi connectivity index (χ4n) is 3.32. The van der Waals surface area contributed by atoms with E-state index in [4.69, 9.17) is 14.6 Å². The number of benzene rings is 2. The van der Waals surface area contributed by atoms with Crippen molar-refractivity contribution in [1.29, 1.82) is 0 Å². The van der Waals surface area contributed by atoms with Crippen molar-refractivity contribution in [3.63, 3.8) is 0 Å². The first kappa shape index (κ1) is 20.0. The number of pyridine rings is 1. The first-order valence-corrected chi connectivity index (χ1v) is 10.1. The molecule has 1 aliphatic heterocycles. The summed E-state index contributed by atoms with van der Waals surface area (Å²) < 4.78 is 62.5. The molecule has 0 fully saturated rings. The maximum absolute atomic E-state index is 14.6. The van der Waals surface area contributed by atoms with Crippen molar-refractivity contribution in [1.82, 2.24) is 4.98 Å². The molecule has 0 aliphatic carbocycles. The van der Waals surface area contributed by atoms with E-state index in [1.165, 1.54) is 13.3 Å². The molecular formula is C19H15F2N3O5S. The lowest BCUT2D eigenvalue weighted by atomic mass is 10.1. The molecule has 2 heterocycles. The maximum Gasteiger partial charge on any atom is 0.414 e. The molecule has 0 atom stereocenters. The van der Waals surface area contributed by atoms with Gasteiger partial charge in [-0.15, -0.1) is 0 Å². The van der Waals surface area contributed by atoms with Crippen LogP contribution in [0.15, 0.2) is 41.4 Å². The van der Waals surface area contributed by atoms with Crippen molar-refractivity contribution in [2.45, 2.75) is 18.0 Å². The molecule has 2 aromatic carbocycles. The van der Waals surface area contributed by atoms with Crippen molar-refractivity contribution < 1.29 is 31.5 Å². The number of hydrogen-bond acceptors (Lipinski definition) is 6.